The number of para-hydroxylation sites is 1. The quantitative estimate of drug-likeness (QED) is 0.787. The van der Waals surface area contributed by atoms with E-state index < -0.39 is 12.0 Å². The van der Waals surface area contributed by atoms with Crippen LogP contribution in [0, 0.1) is 6.92 Å². The van der Waals surface area contributed by atoms with Gasteiger partial charge in [-0.05, 0) is 42.3 Å². The monoisotopic (exact) mass is 359 g/mol. The molecule has 1 aliphatic heterocycles. The number of carbonyl (C=O) groups excluding carboxylic acids is 2. The third kappa shape index (κ3) is 3.46. The predicted octanol–water partition coefficient (Wildman–Crippen LogP) is 3.16. The summed E-state index contributed by atoms with van der Waals surface area (Å²) in [6.07, 6.45) is 0.439. The number of nitrogens with zero attached hydrogens (tertiary/aromatic N) is 1. The summed E-state index contributed by atoms with van der Waals surface area (Å²) in [5.41, 5.74) is 2.53. The Hall–Kier alpha value is -2.53. The van der Waals surface area contributed by atoms with Crippen LogP contribution in [0.15, 0.2) is 42.5 Å². The van der Waals surface area contributed by atoms with Crippen LogP contribution in [-0.4, -0.2) is 31.6 Å². The molecule has 0 spiro atoms. The van der Waals surface area contributed by atoms with Crippen molar-refractivity contribution in [1.82, 2.24) is 0 Å². The maximum absolute atomic E-state index is 12.7. The molecule has 1 amide bonds. The number of halogens is 1. The molecule has 1 atom stereocenters. The zero-order chi connectivity index (χ0) is 18.0. The van der Waals surface area contributed by atoms with E-state index in [1.807, 2.05) is 31.2 Å². The molecule has 5 nitrogen and oxygen atoms in total. The molecule has 6 heteroatoms. The van der Waals surface area contributed by atoms with Crippen LogP contribution < -0.4 is 9.64 Å². The molecular weight excluding hydrogens is 342 g/mol. The molecular formula is C19H18ClNO4. The van der Waals surface area contributed by atoms with E-state index >= 15 is 0 Å². The van der Waals surface area contributed by atoms with Gasteiger partial charge < -0.3 is 9.47 Å². The minimum atomic E-state index is -0.662. The smallest absolute Gasteiger partial charge is 0.329 e. The molecule has 25 heavy (non-hydrogen) atoms. The average Bonchev–Trinajstić information content (AvgIpc) is 3.01. The van der Waals surface area contributed by atoms with E-state index in [-0.39, 0.29) is 12.5 Å². The Labute approximate surface area is 151 Å². The summed E-state index contributed by atoms with van der Waals surface area (Å²) in [6, 6.07) is 12.0. The van der Waals surface area contributed by atoms with Crippen LogP contribution in [0.3, 0.4) is 0 Å². The number of ether oxygens (including phenoxy) is 2. The van der Waals surface area contributed by atoms with Crippen LogP contribution in [0.5, 0.6) is 5.75 Å². The van der Waals surface area contributed by atoms with Gasteiger partial charge in [0.05, 0.1) is 7.11 Å². The molecule has 1 aliphatic rings. The van der Waals surface area contributed by atoms with Crippen LogP contribution >= 0.6 is 11.6 Å². The van der Waals surface area contributed by atoms with Gasteiger partial charge in [0.25, 0.3) is 5.91 Å². The number of carbonyl (C=O) groups is 2. The second-order valence-electron chi connectivity index (χ2n) is 5.84. The molecule has 0 N–H and O–H groups in total. The van der Waals surface area contributed by atoms with Gasteiger partial charge in [0, 0.05) is 17.1 Å². The lowest BCUT2D eigenvalue weighted by Crippen LogP contribution is -2.45. The van der Waals surface area contributed by atoms with E-state index in [4.69, 9.17) is 21.1 Å². The summed E-state index contributed by atoms with van der Waals surface area (Å²) in [5.74, 6) is -0.183. The van der Waals surface area contributed by atoms with E-state index in [0.717, 1.165) is 16.8 Å². The fourth-order valence-electron chi connectivity index (χ4n) is 2.94. The Balaban J connectivity index is 1.78. The van der Waals surface area contributed by atoms with Gasteiger partial charge in [0.15, 0.2) is 6.61 Å². The van der Waals surface area contributed by atoms with Crippen LogP contribution in [0.1, 0.15) is 11.1 Å². The first-order chi connectivity index (χ1) is 12.0. The van der Waals surface area contributed by atoms with Crippen LogP contribution in [-0.2, 0) is 20.7 Å². The molecule has 0 saturated heterocycles. The topological polar surface area (TPSA) is 55.8 Å². The van der Waals surface area contributed by atoms with Gasteiger partial charge in [0.2, 0.25) is 0 Å². The van der Waals surface area contributed by atoms with Crippen molar-refractivity contribution in [2.24, 2.45) is 0 Å². The van der Waals surface area contributed by atoms with Gasteiger partial charge in [-0.2, -0.15) is 0 Å². The highest BCUT2D eigenvalue weighted by atomic mass is 35.5. The minimum absolute atomic E-state index is 0.178. The highest BCUT2D eigenvalue weighted by Crippen LogP contribution is 2.32. The van der Waals surface area contributed by atoms with Crippen molar-refractivity contribution >= 4 is 29.2 Å². The molecule has 0 aliphatic carbocycles. The molecule has 0 radical (unpaired) electrons. The zero-order valence-corrected chi connectivity index (χ0v) is 14.7. The first-order valence-electron chi connectivity index (χ1n) is 7.88. The van der Waals surface area contributed by atoms with Crippen molar-refractivity contribution in [2.75, 3.05) is 18.6 Å². The van der Waals surface area contributed by atoms with Crippen molar-refractivity contribution in [3.8, 4) is 5.75 Å². The molecule has 3 rings (SSSR count). The van der Waals surface area contributed by atoms with Crippen molar-refractivity contribution in [2.45, 2.75) is 19.4 Å². The number of anilines is 1. The summed E-state index contributed by atoms with van der Waals surface area (Å²) in [4.78, 5) is 26.3. The van der Waals surface area contributed by atoms with Crippen molar-refractivity contribution in [3.05, 3.63) is 58.6 Å². The standard InChI is InChI=1S/C19H18ClNO4/c1-12-9-14(7-8-15(12)20)25-11-18(22)21-16-6-4-3-5-13(16)10-17(21)19(23)24-2/h3-9,17H,10-11H2,1-2H3. The second-order valence-corrected chi connectivity index (χ2v) is 6.24. The second kappa shape index (κ2) is 7.15. The van der Waals surface area contributed by atoms with Gasteiger partial charge in [-0.1, -0.05) is 29.8 Å². The van der Waals surface area contributed by atoms with Crippen molar-refractivity contribution in [3.63, 3.8) is 0 Å². The summed E-state index contributed by atoms with van der Waals surface area (Å²) in [7, 11) is 1.32. The van der Waals surface area contributed by atoms with E-state index in [1.165, 1.54) is 12.0 Å². The lowest BCUT2D eigenvalue weighted by molar-refractivity contribution is -0.143. The Morgan fingerprint density at radius 3 is 2.72 bits per heavy atom. The SMILES string of the molecule is COC(=O)C1Cc2ccccc2N1C(=O)COc1ccc(Cl)c(C)c1. The Morgan fingerprint density at radius 2 is 2.00 bits per heavy atom. The fraction of sp³-hybridized carbons (Fsp3) is 0.263. The van der Waals surface area contributed by atoms with E-state index in [0.29, 0.717) is 17.2 Å². The third-order valence-electron chi connectivity index (χ3n) is 4.21. The predicted molar refractivity (Wildman–Crippen MR) is 95.1 cm³/mol. The lowest BCUT2D eigenvalue weighted by Gasteiger charge is -2.23. The van der Waals surface area contributed by atoms with E-state index in [1.54, 1.807) is 18.2 Å². The summed E-state index contributed by atoms with van der Waals surface area (Å²) in [5, 5.41) is 0.637. The van der Waals surface area contributed by atoms with Gasteiger partial charge in [-0.15, -0.1) is 0 Å². The molecule has 2 aromatic carbocycles. The largest absolute Gasteiger partial charge is 0.484 e. The van der Waals surface area contributed by atoms with Crippen LogP contribution in [0.4, 0.5) is 5.69 Å². The Kier molecular flexibility index (Phi) is 4.95. The molecule has 1 heterocycles. The Morgan fingerprint density at radius 1 is 1.24 bits per heavy atom. The summed E-state index contributed by atoms with van der Waals surface area (Å²) < 4.78 is 10.4. The van der Waals surface area contributed by atoms with Crippen molar-refractivity contribution < 1.29 is 19.1 Å². The lowest BCUT2D eigenvalue weighted by atomic mass is 10.1. The highest BCUT2D eigenvalue weighted by Gasteiger charge is 2.38. The van der Waals surface area contributed by atoms with Gasteiger partial charge in [0.1, 0.15) is 11.8 Å². The molecule has 0 aromatic heterocycles. The summed E-state index contributed by atoms with van der Waals surface area (Å²) >= 11 is 5.99. The maximum atomic E-state index is 12.7. The number of amides is 1. The molecule has 1 unspecified atom stereocenters. The molecule has 130 valence electrons. The minimum Gasteiger partial charge on any atom is -0.484 e. The molecule has 0 fully saturated rings. The average molecular weight is 360 g/mol. The van der Waals surface area contributed by atoms with E-state index in [2.05, 4.69) is 0 Å². The van der Waals surface area contributed by atoms with Gasteiger partial charge in [-0.25, -0.2) is 4.79 Å². The number of fused-ring (bicyclic) bond motifs is 1. The van der Waals surface area contributed by atoms with Gasteiger partial charge >= 0.3 is 5.97 Å². The van der Waals surface area contributed by atoms with Crippen LogP contribution in [0.2, 0.25) is 5.02 Å². The Bertz CT molecular complexity index is 821. The van der Waals surface area contributed by atoms with E-state index in [9.17, 15) is 9.59 Å². The third-order valence-corrected chi connectivity index (χ3v) is 4.63. The normalized spacial score (nSPS) is 15.6. The fourth-order valence-corrected chi connectivity index (χ4v) is 3.06. The molecule has 0 saturated carbocycles. The first-order valence-corrected chi connectivity index (χ1v) is 8.26. The molecule has 0 bridgehead atoms. The van der Waals surface area contributed by atoms with Crippen LogP contribution in [0.25, 0.3) is 0 Å². The zero-order valence-electron chi connectivity index (χ0n) is 14.0. The maximum Gasteiger partial charge on any atom is 0.329 e. The number of methoxy groups -OCH3 is 1. The molecule has 2 aromatic rings. The summed E-state index contributed by atoms with van der Waals surface area (Å²) in [6.45, 7) is 1.68. The number of hydrogen-bond acceptors (Lipinski definition) is 4. The number of esters is 1. The number of benzene rings is 2. The number of rotatable bonds is 4. The first kappa shape index (κ1) is 17.3. The highest BCUT2D eigenvalue weighted by molar-refractivity contribution is 6.31. The number of hydrogen-bond donors (Lipinski definition) is 0. The number of aryl methyl sites for hydroxylation is 1. The van der Waals surface area contributed by atoms with Crippen molar-refractivity contribution in [1.29, 1.82) is 0 Å². The van der Waals surface area contributed by atoms with Gasteiger partial charge in [-0.3, -0.25) is 9.69 Å².